The maximum absolute atomic E-state index is 10.9. The van der Waals surface area contributed by atoms with E-state index >= 15 is 0 Å². The summed E-state index contributed by atoms with van der Waals surface area (Å²) in [4.78, 5) is 19.4. The number of nitro benzene ring substituents is 1. The van der Waals surface area contributed by atoms with E-state index in [1.165, 1.54) is 40.3 Å². The normalized spacial score (nSPS) is 11.5. The third-order valence-electron chi connectivity index (χ3n) is 4.18. The molecule has 0 aliphatic heterocycles. The fourth-order valence-corrected chi connectivity index (χ4v) is 4.54. The summed E-state index contributed by atoms with van der Waals surface area (Å²) in [5.74, 6) is 0.650. The van der Waals surface area contributed by atoms with Crippen molar-refractivity contribution in [3.63, 3.8) is 0 Å². The van der Waals surface area contributed by atoms with Crippen molar-refractivity contribution < 1.29 is 9.34 Å². The molecule has 0 N–H and O–H groups in total. The van der Waals surface area contributed by atoms with Crippen molar-refractivity contribution in [2.24, 2.45) is 4.99 Å². The van der Waals surface area contributed by atoms with E-state index in [4.69, 9.17) is 4.42 Å². The van der Waals surface area contributed by atoms with E-state index in [2.05, 4.69) is 23.8 Å². The number of benzene rings is 2. The highest BCUT2D eigenvalue weighted by molar-refractivity contribution is 8.01. The van der Waals surface area contributed by atoms with Crippen LogP contribution in [0.25, 0.3) is 10.2 Å². The Morgan fingerprint density at radius 3 is 2.79 bits per heavy atom. The molecule has 0 saturated carbocycles. The molecule has 0 amide bonds. The lowest BCUT2D eigenvalue weighted by molar-refractivity contribution is -0.384. The summed E-state index contributed by atoms with van der Waals surface area (Å²) in [7, 11) is 0. The molecule has 2 aromatic carbocycles. The van der Waals surface area contributed by atoms with Crippen molar-refractivity contribution in [3.05, 3.63) is 75.5 Å². The molecule has 2 heterocycles. The highest BCUT2D eigenvalue weighted by Crippen LogP contribution is 2.36. The number of nitrogens with zero attached hydrogens (tertiary/aromatic N) is 3. The van der Waals surface area contributed by atoms with E-state index in [0.717, 1.165) is 20.2 Å². The minimum atomic E-state index is -0.403. The quantitative estimate of drug-likeness (QED) is 0.219. The summed E-state index contributed by atoms with van der Waals surface area (Å²) in [5.41, 5.74) is 4.11. The lowest BCUT2D eigenvalue weighted by Gasteiger charge is -1.99. The van der Waals surface area contributed by atoms with Crippen LogP contribution in [0.15, 0.2) is 67.4 Å². The summed E-state index contributed by atoms with van der Waals surface area (Å²) >= 11 is 2.78. The first-order chi connectivity index (χ1) is 13.5. The predicted octanol–water partition coefficient (Wildman–Crippen LogP) is 6.32. The second-order valence-corrected chi connectivity index (χ2v) is 8.46. The average molecular weight is 409 g/mol. The third-order valence-corrected chi connectivity index (χ3v) is 6.18. The van der Waals surface area contributed by atoms with E-state index in [9.17, 15) is 10.1 Å². The molecule has 4 rings (SSSR count). The number of non-ortho nitro benzene ring substituents is 1. The molecule has 0 radical (unpaired) electrons. The van der Waals surface area contributed by atoms with Gasteiger partial charge in [-0.3, -0.25) is 15.1 Å². The van der Waals surface area contributed by atoms with Gasteiger partial charge in [0.1, 0.15) is 5.76 Å². The first-order valence-electron chi connectivity index (χ1n) is 8.42. The van der Waals surface area contributed by atoms with Gasteiger partial charge in [0.25, 0.3) is 5.69 Å². The van der Waals surface area contributed by atoms with Gasteiger partial charge < -0.3 is 4.42 Å². The Balaban J connectivity index is 1.50. The van der Waals surface area contributed by atoms with Crippen LogP contribution in [0.3, 0.4) is 0 Å². The number of aromatic nitrogens is 1. The maximum Gasteiger partial charge on any atom is 0.270 e. The Bertz CT molecular complexity index is 1210. The molecule has 0 atom stereocenters. The zero-order valence-electron chi connectivity index (χ0n) is 15.1. The van der Waals surface area contributed by atoms with Crippen LogP contribution < -0.4 is 0 Å². The smallest absolute Gasteiger partial charge is 0.270 e. The molecule has 4 aromatic rings. The molecule has 6 nitrogen and oxygen atoms in total. The minimum absolute atomic E-state index is 0.0653. The highest BCUT2D eigenvalue weighted by Gasteiger charge is 2.12. The standard InChI is InChI=1S/C20H15N3O3S2/c1-12-3-4-14(9-13(12)2)21-11-16-6-8-19(26-16)28-20-22-17-7-5-15(23(24)25)10-18(17)27-20/h3-11H,1-2H3. The summed E-state index contributed by atoms with van der Waals surface area (Å²) in [6.07, 6.45) is 1.69. The maximum atomic E-state index is 10.9. The first kappa shape index (κ1) is 18.4. The van der Waals surface area contributed by atoms with Gasteiger partial charge in [0.2, 0.25) is 0 Å². The van der Waals surface area contributed by atoms with Crippen molar-refractivity contribution in [2.45, 2.75) is 23.3 Å². The number of aliphatic imine (C=N–C) groups is 1. The van der Waals surface area contributed by atoms with Crippen molar-refractivity contribution in [1.82, 2.24) is 4.98 Å². The zero-order chi connectivity index (χ0) is 19.7. The monoisotopic (exact) mass is 409 g/mol. The summed E-state index contributed by atoms with van der Waals surface area (Å²) in [6, 6.07) is 14.4. The average Bonchev–Trinajstić information content (AvgIpc) is 3.28. The van der Waals surface area contributed by atoms with Gasteiger partial charge in [0.05, 0.1) is 27.0 Å². The molecule has 0 aliphatic carbocycles. The van der Waals surface area contributed by atoms with Crippen LogP contribution in [-0.2, 0) is 0 Å². The molecular weight excluding hydrogens is 394 g/mol. The van der Waals surface area contributed by atoms with Crippen LogP contribution in [0, 0.1) is 24.0 Å². The summed E-state index contributed by atoms with van der Waals surface area (Å²) in [5, 5.41) is 11.6. The number of hydrogen-bond acceptors (Lipinski definition) is 7. The molecule has 8 heteroatoms. The van der Waals surface area contributed by atoms with Crippen LogP contribution >= 0.6 is 23.1 Å². The van der Waals surface area contributed by atoms with E-state index < -0.39 is 4.92 Å². The number of aryl methyl sites for hydroxylation is 2. The Kier molecular flexibility index (Phi) is 4.97. The van der Waals surface area contributed by atoms with Gasteiger partial charge in [-0.2, -0.15) is 0 Å². The second kappa shape index (κ2) is 7.57. The molecule has 0 aliphatic rings. The van der Waals surface area contributed by atoms with Gasteiger partial charge in [-0.05, 0) is 67.1 Å². The molecule has 0 fully saturated rings. The van der Waals surface area contributed by atoms with E-state index in [1.807, 2.05) is 30.3 Å². The van der Waals surface area contributed by atoms with Crippen molar-refractivity contribution >= 4 is 50.9 Å². The van der Waals surface area contributed by atoms with Gasteiger partial charge in [-0.1, -0.05) is 6.07 Å². The summed E-state index contributed by atoms with van der Waals surface area (Å²) < 4.78 is 7.34. The second-order valence-electron chi connectivity index (χ2n) is 6.17. The molecule has 0 saturated heterocycles. The Morgan fingerprint density at radius 1 is 1.14 bits per heavy atom. The van der Waals surface area contributed by atoms with Crippen LogP contribution in [0.4, 0.5) is 11.4 Å². The van der Waals surface area contributed by atoms with E-state index in [0.29, 0.717) is 10.9 Å². The largest absolute Gasteiger partial charge is 0.448 e. The molecule has 28 heavy (non-hydrogen) atoms. The van der Waals surface area contributed by atoms with Gasteiger partial charge in [-0.25, -0.2) is 4.98 Å². The van der Waals surface area contributed by atoms with Crippen LogP contribution in [0.5, 0.6) is 0 Å². The molecule has 0 bridgehead atoms. The number of furan rings is 1. The number of thiazole rings is 1. The topological polar surface area (TPSA) is 81.5 Å². The van der Waals surface area contributed by atoms with Crippen molar-refractivity contribution in [3.8, 4) is 0 Å². The lowest BCUT2D eigenvalue weighted by atomic mass is 10.1. The molecular formula is C20H15N3O3S2. The Morgan fingerprint density at radius 2 is 2.00 bits per heavy atom. The van der Waals surface area contributed by atoms with Crippen LogP contribution in [0.2, 0.25) is 0 Å². The minimum Gasteiger partial charge on any atom is -0.448 e. The first-order valence-corrected chi connectivity index (χ1v) is 10.1. The lowest BCUT2D eigenvalue weighted by Crippen LogP contribution is -1.85. The van der Waals surface area contributed by atoms with Crippen LogP contribution in [-0.4, -0.2) is 16.1 Å². The van der Waals surface area contributed by atoms with Gasteiger partial charge in [0.15, 0.2) is 9.43 Å². The fourth-order valence-electron chi connectivity index (χ4n) is 2.54. The molecule has 140 valence electrons. The van der Waals surface area contributed by atoms with Crippen molar-refractivity contribution in [2.75, 3.05) is 0 Å². The Hall–Kier alpha value is -2.97. The van der Waals surface area contributed by atoms with E-state index in [1.54, 1.807) is 18.3 Å². The number of nitro groups is 1. The predicted molar refractivity (Wildman–Crippen MR) is 112 cm³/mol. The third kappa shape index (κ3) is 3.97. The molecule has 0 spiro atoms. The molecule has 2 aromatic heterocycles. The molecule has 0 unspecified atom stereocenters. The van der Waals surface area contributed by atoms with Crippen LogP contribution in [0.1, 0.15) is 16.9 Å². The fraction of sp³-hybridized carbons (Fsp3) is 0.100. The van der Waals surface area contributed by atoms with Crippen molar-refractivity contribution in [1.29, 1.82) is 0 Å². The van der Waals surface area contributed by atoms with Gasteiger partial charge >= 0.3 is 0 Å². The van der Waals surface area contributed by atoms with E-state index in [-0.39, 0.29) is 5.69 Å². The van der Waals surface area contributed by atoms with Gasteiger partial charge in [-0.15, -0.1) is 11.3 Å². The SMILES string of the molecule is Cc1ccc(N=Cc2ccc(Sc3nc4ccc([N+](=O)[O-])cc4s3)o2)cc1C. The Labute approximate surface area is 169 Å². The highest BCUT2D eigenvalue weighted by atomic mass is 32.2. The summed E-state index contributed by atoms with van der Waals surface area (Å²) in [6.45, 7) is 4.13. The number of fused-ring (bicyclic) bond motifs is 1. The number of rotatable bonds is 5. The zero-order valence-corrected chi connectivity index (χ0v) is 16.7. The number of hydrogen-bond donors (Lipinski definition) is 0. The van der Waals surface area contributed by atoms with Gasteiger partial charge in [0, 0.05) is 12.1 Å².